The minimum absolute atomic E-state index is 0.375. The van der Waals surface area contributed by atoms with Crippen molar-refractivity contribution in [3.8, 4) is 0 Å². The van der Waals surface area contributed by atoms with E-state index in [-0.39, 0.29) is 6.04 Å². The lowest BCUT2D eigenvalue weighted by molar-refractivity contribution is 0.148. The van der Waals surface area contributed by atoms with E-state index in [9.17, 15) is 0 Å². The Morgan fingerprint density at radius 1 is 1.38 bits per heavy atom. The molecule has 50 valence electrons. The first-order valence-corrected chi connectivity index (χ1v) is 2.57. The molecule has 2 atom stereocenters. The van der Waals surface area contributed by atoms with Crippen LogP contribution in [0.4, 0.5) is 0 Å². The molecule has 0 saturated heterocycles. The fraction of sp³-hybridized carbons (Fsp3) is 1.00. The molecular formula is C4H13N3O. The summed E-state index contributed by atoms with van der Waals surface area (Å²) < 4.78 is 0. The SMILES string of the molecule is NCCC(N)C(N)O. The summed E-state index contributed by atoms with van der Waals surface area (Å²) >= 11 is 0. The van der Waals surface area contributed by atoms with Gasteiger partial charge in [-0.2, -0.15) is 0 Å². The van der Waals surface area contributed by atoms with E-state index in [1.54, 1.807) is 0 Å². The average molecular weight is 119 g/mol. The summed E-state index contributed by atoms with van der Waals surface area (Å²) in [6.07, 6.45) is -0.365. The van der Waals surface area contributed by atoms with Crippen LogP contribution in [-0.4, -0.2) is 23.9 Å². The first-order valence-electron chi connectivity index (χ1n) is 2.57. The summed E-state index contributed by atoms with van der Waals surface area (Å²) in [5, 5.41) is 8.55. The minimum atomic E-state index is -0.932. The van der Waals surface area contributed by atoms with Crippen LogP contribution >= 0.6 is 0 Å². The molecule has 0 radical (unpaired) electrons. The van der Waals surface area contributed by atoms with E-state index in [1.165, 1.54) is 0 Å². The summed E-state index contributed by atoms with van der Waals surface area (Å²) in [7, 11) is 0. The second-order valence-corrected chi connectivity index (χ2v) is 1.73. The van der Waals surface area contributed by atoms with Crippen molar-refractivity contribution in [3.63, 3.8) is 0 Å². The van der Waals surface area contributed by atoms with Gasteiger partial charge in [0.05, 0.1) is 0 Å². The molecule has 0 aliphatic carbocycles. The zero-order chi connectivity index (χ0) is 6.57. The van der Waals surface area contributed by atoms with Gasteiger partial charge in [0.1, 0.15) is 6.23 Å². The molecule has 0 amide bonds. The highest BCUT2D eigenvalue weighted by atomic mass is 16.3. The summed E-state index contributed by atoms with van der Waals surface area (Å²) in [6, 6.07) is -0.375. The average Bonchev–Trinajstić information content (AvgIpc) is 1.67. The van der Waals surface area contributed by atoms with Crippen molar-refractivity contribution in [1.82, 2.24) is 0 Å². The Morgan fingerprint density at radius 3 is 2.00 bits per heavy atom. The topological polar surface area (TPSA) is 98.3 Å². The Balaban J connectivity index is 3.17. The van der Waals surface area contributed by atoms with Crippen LogP contribution in [0.5, 0.6) is 0 Å². The summed E-state index contributed by atoms with van der Waals surface area (Å²) in [6.45, 7) is 0.468. The van der Waals surface area contributed by atoms with Gasteiger partial charge in [0.25, 0.3) is 0 Å². The Hall–Kier alpha value is -0.160. The molecule has 4 nitrogen and oxygen atoms in total. The predicted molar refractivity (Wildman–Crippen MR) is 31.8 cm³/mol. The highest BCUT2D eigenvalue weighted by Gasteiger charge is 2.06. The van der Waals surface area contributed by atoms with Gasteiger partial charge in [-0.05, 0) is 13.0 Å². The van der Waals surface area contributed by atoms with E-state index in [0.29, 0.717) is 13.0 Å². The van der Waals surface area contributed by atoms with Crippen LogP contribution in [0.15, 0.2) is 0 Å². The van der Waals surface area contributed by atoms with Gasteiger partial charge in [0.2, 0.25) is 0 Å². The van der Waals surface area contributed by atoms with E-state index in [1.807, 2.05) is 0 Å². The predicted octanol–water partition coefficient (Wildman–Crippen LogP) is -2.06. The van der Waals surface area contributed by atoms with Gasteiger partial charge in [-0.3, -0.25) is 0 Å². The first-order chi connectivity index (χ1) is 3.68. The molecule has 0 aliphatic heterocycles. The van der Waals surface area contributed by atoms with E-state index < -0.39 is 6.23 Å². The molecule has 0 rings (SSSR count). The van der Waals surface area contributed by atoms with E-state index in [2.05, 4.69) is 0 Å². The van der Waals surface area contributed by atoms with Crippen LogP contribution in [0.3, 0.4) is 0 Å². The molecule has 0 aromatic heterocycles. The van der Waals surface area contributed by atoms with Gasteiger partial charge in [-0.1, -0.05) is 0 Å². The van der Waals surface area contributed by atoms with Crippen LogP contribution in [0, 0.1) is 0 Å². The number of aliphatic hydroxyl groups is 1. The van der Waals surface area contributed by atoms with Crippen LogP contribution in [0.1, 0.15) is 6.42 Å². The molecule has 0 saturated carbocycles. The fourth-order valence-corrected chi connectivity index (χ4v) is 0.363. The monoisotopic (exact) mass is 119 g/mol. The quantitative estimate of drug-likeness (QED) is 0.321. The van der Waals surface area contributed by atoms with Crippen molar-refractivity contribution >= 4 is 0 Å². The third-order valence-corrected chi connectivity index (χ3v) is 0.939. The summed E-state index contributed by atoms with van der Waals surface area (Å²) in [5.41, 5.74) is 15.4. The molecule has 0 aromatic carbocycles. The molecule has 0 bridgehead atoms. The second-order valence-electron chi connectivity index (χ2n) is 1.73. The van der Waals surface area contributed by atoms with Crippen molar-refractivity contribution in [3.05, 3.63) is 0 Å². The maximum atomic E-state index is 8.55. The van der Waals surface area contributed by atoms with E-state index in [0.717, 1.165) is 0 Å². The van der Waals surface area contributed by atoms with Gasteiger partial charge < -0.3 is 22.3 Å². The standard InChI is InChI=1S/C4H13N3O/c5-2-1-3(6)4(7)8/h3-4,8H,1-2,5-7H2. The van der Waals surface area contributed by atoms with Crippen LogP contribution in [0.25, 0.3) is 0 Å². The number of hydrogen-bond acceptors (Lipinski definition) is 4. The highest BCUT2D eigenvalue weighted by Crippen LogP contribution is 1.85. The molecule has 0 spiro atoms. The Kier molecular flexibility index (Phi) is 3.72. The molecular weight excluding hydrogens is 106 g/mol. The van der Waals surface area contributed by atoms with Crippen LogP contribution < -0.4 is 17.2 Å². The van der Waals surface area contributed by atoms with Crippen molar-refractivity contribution in [2.75, 3.05) is 6.54 Å². The zero-order valence-corrected chi connectivity index (χ0v) is 4.75. The normalized spacial score (nSPS) is 18.0. The molecule has 0 aromatic rings. The number of rotatable bonds is 3. The Bertz CT molecular complexity index is 57.2. The molecule has 0 heterocycles. The number of aliphatic hydroxyl groups excluding tert-OH is 1. The molecule has 7 N–H and O–H groups in total. The molecule has 0 aliphatic rings. The van der Waals surface area contributed by atoms with E-state index >= 15 is 0 Å². The lowest BCUT2D eigenvalue weighted by Crippen LogP contribution is -2.42. The Labute approximate surface area is 48.6 Å². The largest absolute Gasteiger partial charge is 0.377 e. The number of nitrogens with two attached hydrogens (primary N) is 3. The fourth-order valence-electron chi connectivity index (χ4n) is 0.363. The van der Waals surface area contributed by atoms with Gasteiger partial charge in [-0.15, -0.1) is 0 Å². The summed E-state index contributed by atoms with van der Waals surface area (Å²) in [4.78, 5) is 0. The lowest BCUT2D eigenvalue weighted by Gasteiger charge is -2.11. The first kappa shape index (κ1) is 7.84. The molecule has 2 unspecified atom stereocenters. The van der Waals surface area contributed by atoms with Crippen LogP contribution in [0.2, 0.25) is 0 Å². The maximum absolute atomic E-state index is 8.55. The van der Waals surface area contributed by atoms with Gasteiger partial charge in [0.15, 0.2) is 0 Å². The van der Waals surface area contributed by atoms with Crippen molar-refractivity contribution in [1.29, 1.82) is 0 Å². The van der Waals surface area contributed by atoms with Gasteiger partial charge >= 0.3 is 0 Å². The molecule has 8 heavy (non-hydrogen) atoms. The smallest absolute Gasteiger partial charge is 0.117 e. The second kappa shape index (κ2) is 3.80. The van der Waals surface area contributed by atoms with Gasteiger partial charge in [-0.25, -0.2) is 0 Å². The number of hydrogen-bond donors (Lipinski definition) is 4. The maximum Gasteiger partial charge on any atom is 0.117 e. The van der Waals surface area contributed by atoms with Gasteiger partial charge in [0, 0.05) is 6.04 Å². The van der Waals surface area contributed by atoms with Crippen LogP contribution in [-0.2, 0) is 0 Å². The summed E-state index contributed by atoms with van der Waals surface area (Å²) in [5.74, 6) is 0. The zero-order valence-electron chi connectivity index (χ0n) is 4.75. The van der Waals surface area contributed by atoms with Crippen molar-refractivity contribution in [2.45, 2.75) is 18.7 Å². The minimum Gasteiger partial charge on any atom is -0.377 e. The molecule has 0 fully saturated rings. The van der Waals surface area contributed by atoms with Crippen molar-refractivity contribution < 1.29 is 5.11 Å². The van der Waals surface area contributed by atoms with E-state index in [4.69, 9.17) is 22.3 Å². The van der Waals surface area contributed by atoms with Crippen molar-refractivity contribution in [2.24, 2.45) is 17.2 Å². The lowest BCUT2D eigenvalue weighted by atomic mass is 10.2. The third kappa shape index (κ3) is 2.92. The Morgan fingerprint density at radius 2 is 1.88 bits per heavy atom. The third-order valence-electron chi connectivity index (χ3n) is 0.939. The highest BCUT2D eigenvalue weighted by molar-refractivity contribution is 4.65. The molecule has 4 heteroatoms.